The van der Waals surface area contributed by atoms with Crippen molar-refractivity contribution < 1.29 is 68.0 Å². The van der Waals surface area contributed by atoms with Crippen LogP contribution in [-0.4, -0.2) is 155 Å². The van der Waals surface area contributed by atoms with Gasteiger partial charge in [-0.25, -0.2) is 14.4 Å². The van der Waals surface area contributed by atoms with Crippen molar-refractivity contribution in [2.75, 3.05) is 33.9 Å². The van der Waals surface area contributed by atoms with E-state index in [1.54, 1.807) is 62.3 Å². The summed E-state index contributed by atoms with van der Waals surface area (Å²) in [6, 6.07) is -3.09. The maximum Gasteiger partial charge on any atom is 0.410 e. The third-order valence-electron chi connectivity index (χ3n) is 7.39. The summed E-state index contributed by atoms with van der Waals surface area (Å²) in [6.45, 7) is 15.7. The zero-order valence-corrected chi connectivity index (χ0v) is 32.1. The van der Waals surface area contributed by atoms with E-state index in [1.807, 2.05) is 0 Å². The Morgan fingerprint density at radius 3 is 1.88 bits per heavy atom. The highest BCUT2D eigenvalue weighted by Crippen LogP contribution is 2.29. The predicted molar refractivity (Wildman–Crippen MR) is 183 cm³/mol. The van der Waals surface area contributed by atoms with Gasteiger partial charge in [0.2, 0.25) is 5.91 Å². The first-order valence-electron chi connectivity index (χ1n) is 17.0. The molecule has 18 heteroatoms. The van der Waals surface area contributed by atoms with E-state index >= 15 is 0 Å². The Morgan fingerprint density at radius 1 is 0.843 bits per heavy atom. The number of carbonyl (C=O) groups is 4. The van der Waals surface area contributed by atoms with E-state index in [-0.39, 0.29) is 26.0 Å². The van der Waals surface area contributed by atoms with E-state index in [9.17, 15) is 39.6 Å². The Hall–Kier alpha value is -3.00. The third-order valence-corrected chi connectivity index (χ3v) is 7.39. The normalized spacial score (nSPS) is 23.6. The largest absolute Gasteiger partial charge is 0.444 e. The van der Waals surface area contributed by atoms with Crippen LogP contribution in [0, 0.1) is 0 Å². The van der Waals surface area contributed by atoms with Crippen molar-refractivity contribution in [3.63, 3.8) is 0 Å². The lowest BCUT2D eigenvalue weighted by Gasteiger charge is -2.46. The first kappa shape index (κ1) is 46.0. The van der Waals surface area contributed by atoms with Crippen molar-refractivity contribution in [1.82, 2.24) is 20.9 Å². The molecule has 51 heavy (non-hydrogen) atoms. The Balaban J connectivity index is 3.37. The predicted octanol–water partition coefficient (Wildman–Crippen LogP) is 0.756. The van der Waals surface area contributed by atoms with Crippen molar-refractivity contribution in [2.24, 2.45) is 0 Å². The van der Waals surface area contributed by atoms with Gasteiger partial charge < -0.3 is 69.7 Å². The average molecular weight is 739 g/mol. The molecule has 1 aliphatic carbocycles. The number of aliphatic hydroxyl groups is 4. The Kier molecular flexibility index (Phi) is 17.8. The molecule has 0 aromatic carbocycles. The van der Waals surface area contributed by atoms with Crippen LogP contribution < -0.4 is 16.0 Å². The molecule has 0 aromatic rings. The quantitative estimate of drug-likeness (QED) is 0.0907. The molecule has 1 saturated carbocycles. The van der Waals surface area contributed by atoms with Crippen LogP contribution in [0.5, 0.6) is 0 Å². The lowest BCUT2D eigenvalue weighted by atomic mass is 9.83. The zero-order valence-electron chi connectivity index (χ0n) is 32.1. The fourth-order valence-electron chi connectivity index (χ4n) is 4.96. The van der Waals surface area contributed by atoms with Gasteiger partial charge in [-0.05, 0) is 82.1 Å². The molecule has 1 aliphatic rings. The van der Waals surface area contributed by atoms with Gasteiger partial charge in [0, 0.05) is 20.7 Å². The number of ether oxygens (including phenoxy) is 6. The summed E-state index contributed by atoms with van der Waals surface area (Å²) >= 11 is 0. The maximum absolute atomic E-state index is 13.3. The van der Waals surface area contributed by atoms with Gasteiger partial charge in [-0.2, -0.15) is 0 Å². The fraction of sp³-hybridized carbons (Fsp3) is 0.879. The standard InChI is InChI=1S/C33H62N4O14/c1-18(37(11)30(45)51-33(8,9)10)22(40)27(47-16-15-38)48-25-20(35-26(42)21(39)13-14-34-28(43)49-31(2,3)4)17-19(24(46-12)23(25)41)36-29(44)50-32(5,6)7/h18-25,27,38-41H,13-17H2,1-12H3,(H,34,43)(H,35,42)(H,36,44)/t18-,19-,20+,21-,22+,23-,24+,25-,27+/m0/s1. The topological polar surface area (TPSA) is 244 Å². The van der Waals surface area contributed by atoms with Gasteiger partial charge in [-0.3, -0.25) is 4.79 Å². The van der Waals surface area contributed by atoms with Crippen LogP contribution in [0.1, 0.15) is 82.1 Å². The average Bonchev–Trinajstić information content (AvgIpc) is 2.96. The van der Waals surface area contributed by atoms with Crippen molar-refractivity contribution in [3.05, 3.63) is 0 Å². The van der Waals surface area contributed by atoms with E-state index < -0.39 is 103 Å². The molecule has 0 unspecified atom stereocenters. The molecule has 18 nitrogen and oxygen atoms in total. The number of nitrogens with one attached hydrogen (secondary N) is 3. The summed E-state index contributed by atoms with van der Waals surface area (Å²) in [6.07, 6.45) is -11.6. The monoisotopic (exact) mass is 738 g/mol. The van der Waals surface area contributed by atoms with Gasteiger partial charge in [-0.1, -0.05) is 0 Å². The smallest absolute Gasteiger partial charge is 0.410 e. The number of alkyl carbamates (subject to hydrolysis) is 2. The van der Waals surface area contributed by atoms with Crippen LogP contribution >= 0.6 is 0 Å². The first-order valence-corrected chi connectivity index (χ1v) is 17.0. The summed E-state index contributed by atoms with van der Waals surface area (Å²) in [5, 5.41) is 50.9. The number of aliphatic hydroxyl groups excluding tert-OH is 4. The second-order valence-corrected chi connectivity index (χ2v) is 15.4. The van der Waals surface area contributed by atoms with Gasteiger partial charge in [-0.15, -0.1) is 0 Å². The van der Waals surface area contributed by atoms with Gasteiger partial charge in [0.05, 0.1) is 31.3 Å². The highest BCUT2D eigenvalue weighted by Gasteiger charge is 2.49. The zero-order chi connectivity index (χ0) is 39.5. The minimum absolute atomic E-state index is 0.113. The number of hydrogen-bond acceptors (Lipinski definition) is 14. The van der Waals surface area contributed by atoms with Crippen LogP contribution in [0.25, 0.3) is 0 Å². The molecule has 0 aliphatic heterocycles. The first-order chi connectivity index (χ1) is 23.3. The van der Waals surface area contributed by atoms with Gasteiger partial charge in [0.1, 0.15) is 47.3 Å². The van der Waals surface area contributed by atoms with Crippen LogP contribution in [0.2, 0.25) is 0 Å². The number of methoxy groups -OCH3 is 1. The van der Waals surface area contributed by atoms with E-state index in [0.29, 0.717) is 0 Å². The SMILES string of the molecule is CO[C@H]1[C@H](O)[C@@H](O[C@@H](OCCO)[C@H](O)[C@H](C)N(C)C(=O)OC(C)(C)C)[C@H](NC(=O)[C@@H](O)CCNC(=O)OC(C)(C)C)C[C@@H]1NC(=O)OC(C)(C)C. The van der Waals surface area contributed by atoms with Gasteiger partial charge in [0.25, 0.3) is 0 Å². The summed E-state index contributed by atoms with van der Waals surface area (Å²) in [7, 11) is 2.69. The molecule has 0 radical (unpaired) electrons. The number of hydrogen-bond donors (Lipinski definition) is 7. The molecule has 0 heterocycles. The molecule has 9 atom stereocenters. The number of carbonyl (C=O) groups excluding carboxylic acids is 4. The lowest BCUT2D eigenvalue weighted by Crippen LogP contribution is -2.67. The second kappa shape index (κ2) is 19.7. The highest BCUT2D eigenvalue weighted by molar-refractivity contribution is 5.81. The highest BCUT2D eigenvalue weighted by atomic mass is 16.7. The molecule has 1 fully saturated rings. The van der Waals surface area contributed by atoms with Crippen molar-refractivity contribution in [1.29, 1.82) is 0 Å². The number of likely N-dealkylation sites (N-methyl/N-ethyl adjacent to an activating group) is 1. The summed E-state index contributed by atoms with van der Waals surface area (Å²) in [5.41, 5.74) is -2.43. The third kappa shape index (κ3) is 16.5. The van der Waals surface area contributed by atoms with Crippen LogP contribution in [-0.2, 0) is 33.2 Å². The molecular weight excluding hydrogens is 676 g/mol. The lowest BCUT2D eigenvalue weighted by molar-refractivity contribution is -0.261. The van der Waals surface area contributed by atoms with Gasteiger partial charge in [0.15, 0.2) is 6.29 Å². The van der Waals surface area contributed by atoms with E-state index in [4.69, 9.17) is 28.4 Å². The van der Waals surface area contributed by atoms with Crippen molar-refractivity contribution in [2.45, 2.75) is 154 Å². The second-order valence-electron chi connectivity index (χ2n) is 15.4. The summed E-state index contributed by atoms with van der Waals surface area (Å²) in [4.78, 5) is 51.9. The molecule has 0 saturated heterocycles. The summed E-state index contributed by atoms with van der Waals surface area (Å²) < 4.78 is 33.2. The number of rotatable bonds is 15. The Labute approximate surface area is 300 Å². The van der Waals surface area contributed by atoms with Crippen molar-refractivity contribution in [3.8, 4) is 0 Å². The van der Waals surface area contributed by atoms with Crippen LogP contribution in [0.3, 0.4) is 0 Å². The van der Waals surface area contributed by atoms with Crippen LogP contribution in [0.4, 0.5) is 14.4 Å². The van der Waals surface area contributed by atoms with E-state index in [2.05, 4.69) is 16.0 Å². The Bertz CT molecular complexity index is 1120. The molecular formula is C33H62N4O14. The Morgan fingerprint density at radius 2 is 1.37 bits per heavy atom. The summed E-state index contributed by atoms with van der Waals surface area (Å²) in [5.74, 6) is -0.898. The van der Waals surface area contributed by atoms with Crippen molar-refractivity contribution >= 4 is 24.2 Å². The molecule has 1 rings (SSSR count). The molecule has 4 amide bonds. The van der Waals surface area contributed by atoms with Gasteiger partial charge >= 0.3 is 18.3 Å². The fourth-order valence-corrected chi connectivity index (χ4v) is 4.96. The molecule has 0 aromatic heterocycles. The maximum atomic E-state index is 13.3. The van der Waals surface area contributed by atoms with Crippen LogP contribution in [0.15, 0.2) is 0 Å². The molecule has 298 valence electrons. The minimum atomic E-state index is -1.63. The number of amides is 4. The number of nitrogens with zero attached hydrogens (tertiary/aromatic N) is 1. The molecule has 0 spiro atoms. The molecule has 0 bridgehead atoms. The van der Waals surface area contributed by atoms with E-state index in [0.717, 1.165) is 4.90 Å². The minimum Gasteiger partial charge on any atom is -0.444 e. The molecule has 7 N–H and O–H groups in total. The van der Waals surface area contributed by atoms with E-state index in [1.165, 1.54) is 21.1 Å².